The Hall–Kier alpha value is -2.27. The van der Waals surface area contributed by atoms with Crippen molar-refractivity contribution < 1.29 is 0 Å². The number of hydrogen-bond donors (Lipinski definition) is 1. The Morgan fingerprint density at radius 2 is 2.05 bits per heavy atom. The van der Waals surface area contributed by atoms with E-state index >= 15 is 0 Å². The highest BCUT2D eigenvalue weighted by Gasteiger charge is 2.14. The van der Waals surface area contributed by atoms with Crippen LogP contribution in [0.1, 0.15) is 24.4 Å². The molecular formula is C15H17N5. The topological polar surface area (TPSA) is 69.6 Å². The van der Waals surface area contributed by atoms with Crippen molar-refractivity contribution in [2.45, 2.75) is 25.9 Å². The number of hydrogen-bond acceptors (Lipinski definition) is 4. The molecule has 0 fully saturated rings. The summed E-state index contributed by atoms with van der Waals surface area (Å²) in [5.41, 5.74) is 8.44. The fourth-order valence-corrected chi connectivity index (χ4v) is 2.46. The Bertz CT molecular complexity index is 714. The predicted octanol–water partition coefficient (Wildman–Crippen LogP) is 2.09. The monoisotopic (exact) mass is 267 g/mol. The summed E-state index contributed by atoms with van der Waals surface area (Å²) < 4.78 is 1.88. The van der Waals surface area contributed by atoms with E-state index in [4.69, 9.17) is 5.73 Å². The largest absolute Gasteiger partial charge is 0.324 e. The van der Waals surface area contributed by atoms with Crippen LogP contribution in [0.5, 0.6) is 0 Å². The van der Waals surface area contributed by atoms with E-state index in [1.54, 1.807) is 6.33 Å². The Balaban J connectivity index is 1.95. The summed E-state index contributed by atoms with van der Waals surface area (Å²) >= 11 is 0. The maximum Gasteiger partial charge on any atom is 0.138 e. The minimum atomic E-state index is -0.114. The number of benzene rings is 1. The molecule has 102 valence electrons. The molecule has 0 aliphatic rings. The van der Waals surface area contributed by atoms with Crippen LogP contribution in [0, 0.1) is 0 Å². The van der Waals surface area contributed by atoms with Gasteiger partial charge in [-0.15, -0.1) is 0 Å². The Morgan fingerprint density at radius 1 is 1.20 bits per heavy atom. The number of para-hydroxylation sites is 1. The zero-order valence-electron chi connectivity index (χ0n) is 11.4. The number of nitrogens with two attached hydrogens (primary N) is 1. The third-order valence-corrected chi connectivity index (χ3v) is 3.48. The molecule has 0 saturated carbocycles. The van der Waals surface area contributed by atoms with Crippen LogP contribution in [0.15, 0.2) is 42.9 Å². The smallest absolute Gasteiger partial charge is 0.138 e. The standard InChI is InChI=1S/C15H17N5/c1-2-20-15(18-10-19-20)9-13(16)11-7-8-17-14-6-4-3-5-12(11)14/h3-8,10,13H,2,9,16H2,1H3. The van der Waals surface area contributed by atoms with Crippen LogP contribution in [0.25, 0.3) is 10.9 Å². The maximum absolute atomic E-state index is 6.37. The van der Waals surface area contributed by atoms with E-state index in [1.165, 1.54) is 0 Å². The molecule has 0 amide bonds. The van der Waals surface area contributed by atoms with Crippen LogP contribution < -0.4 is 5.73 Å². The van der Waals surface area contributed by atoms with E-state index in [9.17, 15) is 0 Å². The van der Waals surface area contributed by atoms with E-state index in [1.807, 2.05) is 42.1 Å². The summed E-state index contributed by atoms with van der Waals surface area (Å²) in [5.74, 6) is 0.917. The SMILES string of the molecule is CCn1ncnc1CC(N)c1ccnc2ccccc12. The van der Waals surface area contributed by atoms with E-state index in [0.29, 0.717) is 6.42 Å². The van der Waals surface area contributed by atoms with Crippen molar-refractivity contribution in [1.29, 1.82) is 0 Å². The molecule has 2 heterocycles. The molecule has 5 heteroatoms. The van der Waals surface area contributed by atoms with Crippen LogP contribution >= 0.6 is 0 Å². The molecule has 2 aromatic heterocycles. The molecule has 3 rings (SSSR count). The molecule has 0 radical (unpaired) electrons. The second-order valence-corrected chi connectivity index (χ2v) is 4.72. The molecule has 1 unspecified atom stereocenters. The Kier molecular flexibility index (Phi) is 3.43. The van der Waals surface area contributed by atoms with Gasteiger partial charge in [0.15, 0.2) is 0 Å². The molecule has 2 N–H and O–H groups in total. The molecule has 1 aromatic carbocycles. The van der Waals surface area contributed by atoms with Crippen molar-refractivity contribution in [2.24, 2.45) is 5.73 Å². The number of aromatic nitrogens is 4. The predicted molar refractivity (Wildman–Crippen MR) is 78.1 cm³/mol. The van der Waals surface area contributed by atoms with Gasteiger partial charge in [0, 0.05) is 30.6 Å². The molecule has 0 bridgehead atoms. The Labute approximate surface area is 117 Å². The number of aryl methyl sites for hydroxylation is 1. The van der Waals surface area contributed by atoms with Crippen molar-refractivity contribution in [1.82, 2.24) is 19.7 Å². The Morgan fingerprint density at radius 3 is 2.90 bits per heavy atom. The van der Waals surface area contributed by atoms with E-state index in [0.717, 1.165) is 28.8 Å². The zero-order chi connectivity index (χ0) is 13.9. The molecule has 0 saturated heterocycles. The second kappa shape index (κ2) is 5.38. The quantitative estimate of drug-likeness (QED) is 0.785. The average molecular weight is 267 g/mol. The highest BCUT2D eigenvalue weighted by molar-refractivity contribution is 5.82. The van der Waals surface area contributed by atoms with Crippen molar-refractivity contribution in [3.63, 3.8) is 0 Å². The lowest BCUT2D eigenvalue weighted by atomic mass is 10.00. The summed E-state index contributed by atoms with van der Waals surface area (Å²) in [5, 5.41) is 5.28. The van der Waals surface area contributed by atoms with Gasteiger partial charge in [-0.25, -0.2) is 4.98 Å². The normalized spacial score (nSPS) is 12.7. The minimum absolute atomic E-state index is 0.114. The van der Waals surface area contributed by atoms with Gasteiger partial charge in [-0.3, -0.25) is 9.67 Å². The maximum atomic E-state index is 6.37. The highest BCUT2D eigenvalue weighted by Crippen LogP contribution is 2.23. The third kappa shape index (κ3) is 2.28. The van der Waals surface area contributed by atoms with Crippen LogP contribution in [0.2, 0.25) is 0 Å². The van der Waals surface area contributed by atoms with Crippen LogP contribution in [-0.4, -0.2) is 19.7 Å². The molecule has 5 nitrogen and oxygen atoms in total. The fourth-order valence-electron chi connectivity index (χ4n) is 2.46. The first-order valence-corrected chi connectivity index (χ1v) is 6.75. The van der Waals surface area contributed by atoms with Gasteiger partial charge in [-0.1, -0.05) is 18.2 Å². The molecule has 3 aromatic rings. The minimum Gasteiger partial charge on any atom is -0.324 e. The summed E-state index contributed by atoms with van der Waals surface area (Å²) in [6.07, 6.45) is 4.06. The van der Waals surface area contributed by atoms with Gasteiger partial charge in [-0.05, 0) is 24.6 Å². The third-order valence-electron chi connectivity index (χ3n) is 3.48. The zero-order valence-corrected chi connectivity index (χ0v) is 11.4. The van der Waals surface area contributed by atoms with E-state index < -0.39 is 0 Å². The molecule has 20 heavy (non-hydrogen) atoms. The molecule has 0 spiro atoms. The number of fused-ring (bicyclic) bond motifs is 1. The van der Waals surface area contributed by atoms with Crippen molar-refractivity contribution >= 4 is 10.9 Å². The molecular weight excluding hydrogens is 250 g/mol. The second-order valence-electron chi connectivity index (χ2n) is 4.72. The van der Waals surface area contributed by atoms with Gasteiger partial charge >= 0.3 is 0 Å². The molecule has 0 aliphatic carbocycles. The van der Waals surface area contributed by atoms with Gasteiger partial charge in [0.05, 0.1) is 5.52 Å². The number of nitrogens with zero attached hydrogens (tertiary/aromatic N) is 4. The van der Waals surface area contributed by atoms with E-state index in [-0.39, 0.29) is 6.04 Å². The first-order chi connectivity index (χ1) is 9.79. The van der Waals surface area contributed by atoms with Crippen molar-refractivity contribution in [2.75, 3.05) is 0 Å². The lowest BCUT2D eigenvalue weighted by molar-refractivity contribution is 0.582. The van der Waals surface area contributed by atoms with Crippen molar-refractivity contribution in [3.05, 3.63) is 54.2 Å². The van der Waals surface area contributed by atoms with Gasteiger partial charge < -0.3 is 5.73 Å². The number of pyridine rings is 1. The average Bonchev–Trinajstić information content (AvgIpc) is 2.93. The van der Waals surface area contributed by atoms with Gasteiger partial charge in [-0.2, -0.15) is 5.10 Å². The summed E-state index contributed by atoms with van der Waals surface area (Å²) in [4.78, 5) is 8.66. The summed E-state index contributed by atoms with van der Waals surface area (Å²) in [7, 11) is 0. The lowest BCUT2D eigenvalue weighted by Gasteiger charge is -2.14. The van der Waals surface area contributed by atoms with Gasteiger partial charge in [0.25, 0.3) is 0 Å². The highest BCUT2D eigenvalue weighted by atomic mass is 15.3. The fraction of sp³-hybridized carbons (Fsp3) is 0.267. The first-order valence-electron chi connectivity index (χ1n) is 6.75. The van der Waals surface area contributed by atoms with Gasteiger partial charge in [0.2, 0.25) is 0 Å². The molecule has 1 atom stereocenters. The number of rotatable bonds is 4. The first kappa shape index (κ1) is 12.7. The summed E-state index contributed by atoms with van der Waals surface area (Å²) in [6, 6.07) is 9.92. The van der Waals surface area contributed by atoms with Crippen LogP contribution in [-0.2, 0) is 13.0 Å². The van der Waals surface area contributed by atoms with Gasteiger partial charge in [0.1, 0.15) is 12.2 Å². The van der Waals surface area contributed by atoms with Crippen molar-refractivity contribution in [3.8, 4) is 0 Å². The van der Waals surface area contributed by atoms with E-state index in [2.05, 4.69) is 21.1 Å². The molecule has 0 aliphatic heterocycles. The van der Waals surface area contributed by atoms with Crippen LogP contribution in [0.3, 0.4) is 0 Å². The summed E-state index contributed by atoms with van der Waals surface area (Å²) in [6.45, 7) is 2.85. The lowest BCUT2D eigenvalue weighted by Crippen LogP contribution is -2.17. The van der Waals surface area contributed by atoms with Crippen LogP contribution in [0.4, 0.5) is 0 Å².